The number of piperidine rings is 1. The van der Waals surface area contributed by atoms with Gasteiger partial charge in [-0.1, -0.05) is 6.92 Å². The fourth-order valence-corrected chi connectivity index (χ4v) is 6.67. The van der Waals surface area contributed by atoms with Crippen LogP contribution in [0.2, 0.25) is 0 Å². The van der Waals surface area contributed by atoms with E-state index in [1.54, 1.807) is 23.6 Å². The highest BCUT2D eigenvalue weighted by molar-refractivity contribution is 8.01. The third kappa shape index (κ3) is 2.84. The quantitative estimate of drug-likeness (QED) is 0.825. The van der Waals surface area contributed by atoms with Gasteiger partial charge in [0.15, 0.2) is 9.84 Å². The van der Waals surface area contributed by atoms with Crippen LogP contribution in [0, 0.1) is 11.3 Å². The van der Waals surface area contributed by atoms with Crippen LogP contribution in [0.3, 0.4) is 0 Å². The Morgan fingerprint density at radius 2 is 2.10 bits per heavy atom. The van der Waals surface area contributed by atoms with E-state index in [0.717, 1.165) is 38.1 Å². The molecule has 0 aromatic heterocycles. The van der Waals surface area contributed by atoms with Crippen molar-refractivity contribution in [2.75, 3.05) is 36.9 Å². The van der Waals surface area contributed by atoms with Gasteiger partial charge in [-0.25, -0.2) is 8.42 Å². The van der Waals surface area contributed by atoms with Crippen molar-refractivity contribution in [3.8, 4) is 0 Å². The van der Waals surface area contributed by atoms with Gasteiger partial charge in [0.2, 0.25) is 5.91 Å². The summed E-state index contributed by atoms with van der Waals surface area (Å²) in [5.41, 5.74) is 0.174. The largest absolute Gasteiger partial charge is 0.324 e. The van der Waals surface area contributed by atoms with E-state index in [4.69, 9.17) is 0 Å². The predicted octanol–water partition coefficient (Wildman–Crippen LogP) is 0.712. The molecule has 0 bridgehead atoms. The SMILES string of the molecule is CCS(=O)(=O)C1CSCCN1C(=O)C1CC12CCNCC2. The van der Waals surface area contributed by atoms with Gasteiger partial charge in [-0.15, -0.1) is 0 Å². The monoisotopic (exact) mass is 332 g/mol. The molecule has 1 N–H and O–H groups in total. The highest BCUT2D eigenvalue weighted by atomic mass is 32.2. The zero-order chi connectivity index (χ0) is 15.1. The molecule has 0 aromatic rings. The minimum Gasteiger partial charge on any atom is -0.324 e. The first-order valence-corrected chi connectivity index (χ1v) is 10.7. The molecule has 120 valence electrons. The molecule has 0 radical (unpaired) electrons. The van der Waals surface area contributed by atoms with E-state index >= 15 is 0 Å². The predicted molar refractivity (Wildman–Crippen MR) is 84.9 cm³/mol. The number of amides is 1. The number of carbonyl (C=O) groups excluding carboxylic acids is 1. The van der Waals surface area contributed by atoms with Crippen LogP contribution in [0.25, 0.3) is 0 Å². The molecule has 5 nitrogen and oxygen atoms in total. The Labute approximate surface area is 131 Å². The van der Waals surface area contributed by atoms with Gasteiger partial charge in [-0.3, -0.25) is 4.79 Å². The topological polar surface area (TPSA) is 66.5 Å². The maximum atomic E-state index is 12.8. The molecule has 1 aliphatic carbocycles. The number of hydrogen-bond donors (Lipinski definition) is 1. The second kappa shape index (κ2) is 5.74. The summed E-state index contributed by atoms with van der Waals surface area (Å²) in [7, 11) is -3.19. The third-order valence-electron chi connectivity index (χ3n) is 5.27. The van der Waals surface area contributed by atoms with Crippen LogP contribution in [-0.2, 0) is 14.6 Å². The summed E-state index contributed by atoms with van der Waals surface area (Å²) in [6.07, 6.45) is 3.06. The van der Waals surface area contributed by atoms with E-state index < -0.39 is 15.2 Å². The van der Waals surface area contributed by atoms with Crippen LogP contribution in [0.5, 0.6) is 0 Å². The molecule has 0 aromatic carbocycles. The van der Waals surface area contributed by atoms with E-state index in [1.807, 2.05) is 0 Å². The van der Waals surface area contributed by atoms with E-state index in [2.05, 4.69) is 5.32 Å². The van der Waals surface area contributed by atoms with Gasteiger partial charge in [-0.05, 0) is 37.8 Å². The van der Waals surface area contributed by atoms with Crippen LogP contribution >= 0.6 is 11.8 Å². The first-order chi connectivity index (χ1) is 10.0. The zero-order valence-electron chi connectivity index (χ0n) is 12.5. The van der Waals surface area contributed by atoms with Gasteiger partial charge in [0.05, 0.1) is 0 Å². The van der Waals surface area contributed by atoms with Crippen molar-refractivity contribution in [2.24, 2.45) is 11.3 Å². The Morgan fingerprint density at radius 3 is 2.76 bits per heavy atom. The lowest BCUT2D eigenvalue weighted by molar-refractivity contribution is -0.134. The summed E-state index contributed by atoms with van der Waals surface area (Å²) < 4.78 is 24.5. The average Bonchev–Trinajstić information content (AvgIpc) is 3.20. The first-order valence-electron chi connectivity index (χ1n) is 7.81. The Balaban J connectivity index is 1.74. The van der Waals surface area contributed by atoms with Crippen molar-refractivity contribution in [3.05, 3.63) is 0 Å². The van der Waals surface area contributed by atoms with Crippen LogP contribution < -0.4 is 5.32 Å². The molecule has 2 aliphatic heterocycles. The molecule has 2 saturated heterocycles. The van der Waals surface area contributed by atoms with Gasteiger partial charge in [-0.2, -0.15) is 11.8 Å². The van der Waals surface area contributed by atoms with Crippen molar-refractivity contribution < 1.29 is 13.2 Å². The number of carbonyl (C=O) groups is 1. The summed E-state index contributed by atoms with van der Waals surface area (Å²) in [4.78, 5) is 14.5. The first kappa shape index (κ1) is 15.6. The van der Waals surface area contributed by atoms with Crippen molar-refractivity contribution in [1.29, 1.82) is 0 Å². The second-order valence-electron chi connectivity index (χ2n) is 6.38. The number of hydrogen-bond acceptors (Lipinski definition) is 5. The summed E-state index contributed by atoms with van der Waals surface area (Å²) in [6.45, 7) is 4.22. The summed E-state index contributed by atoms with van der Waals surface area (Å²) in [5.74, 6) is 1.66. The minimum absolute atomic E-state index is 0.0669. The lowest BCUT2D eigenvalue weighted by atomic mass is 9.91. The maximum absolute atomic E-state index is 12.8. The molecule has 3 rings (SSSR count). The molecule has 2 unspecified atom stereocenters. The van der Waals surface area contributed by atoms with Crippen molar-refractivity contribution in [2.45, 2.75) is 31.6 Å². The van der Waals surface area contributed by atoms with Gasteiger partial charge in [0, 0.05) is 29.7 Å². The molecule has 21 heavy (non-hydrogen) atoms. The molecular formula is C14H24N2O3S2. The summed E-state index contributed by atoms with van der Waals surface area (Å²) in [6, 6.07) is 0. The Hall–Kier alpha value is -0.270. The fourth-order valence-electron chi connectivity index (χ4n) is 3.70. The molecular weight excluding hydrogens is 308 g/mol. The zero-order valence-corrected chi connectivity index (χ0v) is 14.1. The molecule has 1 amide bonds. The summed E-state index contributed by atoms with van der Waals surface area (Å²) >= 11 is 1.64. The maximum Gasteiger partial charge on any atom is 0.227 e. The highest BCUT2D eigenvalue weighted by Crippen LogP contribution is 2.59. The second-order valence-corrected chi connectivity index (χ2v) is 9.98. The van der Waals surface area contributed by atoms with Crippen molar-refractivity contribution in [1.82, 2.24) is 10.2 Å². The molecule has 2 heterocycles. The smallest absolute Gasteiger partial charge is 0.227 e. The third-order valence-corrected chi connectivity index (χ3v) is 8.56. The number of rotatable bonds is 3. The lowest BCUT2D eigenvalue weighted by Gasteiger charge is -2.35. The van der Waals surface area contributed by atoms with Gasteiger partial charge >= 0.3 is 0 Å². The van der Waals surface area contributed by atoms with Crippen molar-refractivity contribution in [3.63, 3.8) is 0 Å². The minimum atomic E-state index is -3.19. The van der Waals surface area contributed by atoms with Crippen LogP contribution in [0.1, 0.15) is 26.2 Å². The standard InChI is InChI=1S/C14H24N2O3S2/c1-2-21(18,19)12-10-20-8-7-16(12)13(17)11-9-14(11)3-5-15-6-4-14/h11-12,15H,2-10H2,1H3. The molecule has 2 atom stereocenters. The van der Waals surface area contributed by atoms with Crippen molar-refractivity contribution >= 4 is 27.5 Å². The van der Waals surface area contributed by atoms with Crippen LogP contribution in [0.4, 0.5) is 0 Å². The number of thioether (sulfide) groups is 1. The summed E-state index contributed by atoms with van der Waals surface area (Å²) in [5, 5.41) is 2.73. The molecule has 1 saturated carbocycles. The number of nitrogens with zero attached hydrogens (tertiary/aromatic N) is 1. The van der Waals surface area contributed by atoms with E-state index in [-0.39, 0.29) is 23.0 Å². The Bertz CT molecular complexity index is 514. The normalized spacial score (nSPS) is 32.1. The van der Waals surface area contributed by atoms with Gasteiger partial charge in [0.1, 0.15) is 5.37 Å². The van der Waals surface area contributed by atoms with E-state index in [1.165, 1.54) is 0 Å². The van der Waals surface area contributed by atoms with Crippen LogP contribution in [0.15, 0.2) is 0 Å². The molecule has 7 heteroatoms. The average molecular weight is 332 g/mol. The molecule has 3 aliphatic rings. The number of nitrogens with one attached hydrogen (secondary N) is 1. The Morgan fingerprint density at radius 1 is 1.38 bits per heavy atom. The van der Waals surface area contributed by atoms with E-state index in [0.29, 0.717) is 12.3 Å². The highest BCUT2D eigenvalue weighted by Gasteiger charge is 2.59. The fraction of sp³-hybridized carbons (Fsp3) is 0.929. The lowest BCUT2D eigenvalue weighted by Crippen LogP contribution is -2.51. The number of sulfone groups is 1. The Kier molecular flexibility index (Phi) is 4.27. The van der Waals surface area contributed by atoms with E-state index in [9.17, 15) is 13.2 Å². The van der Waals surface area contributed by atoms with Gasteiger partial charge in [0.25, 0.3) is 0 Å². The van der Waals surface area contributed by atoms with Crippen LogP contribution in [-0.4, -0.2) is 61.5 Å². The van der Waals surface area contributed by atoms with Gasteiger partial charge < -0.3 is 10.2 Å². The molecule has 1 spiro atoms. The molecule has 3 fully saturated rings.